The molecule has 0 radical (unpaired) electrons. The van der Waals surface area contributed by atoms with E-state index in [9.17, 15) is 4.79 Å². The molecule has 2 rings (SSSR count). The Kier molecular flexibility index (Phi) is 4.76. The molecular formula is C15H19N3O2. The number of hydrogen-bond acceptors (Lipinski definition) is 3. The standard InChI is InChI=1S/C15H19N3O2/c1-12-7-9-18(17-12)10-8-15(19)16-11-13-5-3-4-6-14(13)20-2/h3-7,9H,8,10-11H2,1-2H3,(H,16,19). The van der Waals surface area contributed by atoms with Crippen LogP contribution in [-0.4, -0.2) is 22.8 Å². The van der Waals surface area contributed by atoms with Crippen LogP contribution in [0.3, 0.4) is 0 Å². The summed E-state index contributed by atoms with van der Waals surface area (Å²) in [7, 11) is 1.63. The molecule has 1 amide bonds. The first-order valence-corrected chi connectivity index (χ1v) is 6.57. The highest BCUT2D eigenvalue weighted by molar-refractivity contribution is 5.75. The normalized spacial score (nSPS) is 10.3. The largest absolute Gasteiger partial charge is 0.496 e. The molecule has 0 fully saturated rings. The lowest BCUT2D eigenvalue weighted by Crippen LogP contribution is -2.24. The third kappa shape index (κ3) is 3.85. The van der Waals surface area contributed by atoms with Crippen molar-refractivity contribution in [3.05, 3.63) is 47.8 Å². The highest BCUT2D eigenvalue weighted by Gasteiger charge is 2.05. The van der Waals surface area contributed by atoms with Gasteiger partial charge < -0.3 is 10.1 Å². The fourth-order valence-corrected chi connectivity index (χ4v) is 1.94. The Bertz CT molecular complexity index is 578. The lowest BCUT2D eigenvalue weighted by molar-refractivity contribution is -0.121. The minimum atomic E-state index is 0.00376. The van der Waals surface area contributed by atoms with Gasteiger partial charge in [0, 0.05) is 31.3 Å². The van der Waals surface area contributed by atoms with Gasteiger partial charge in [0.05, 0.1) is 12.8 Å². The van der Waals surface area contributed by atoms with Crippen LogP contribution in [0.1, 0.15) is 17.7 Å². The van der Waals surface area contributed by atoms with Crippen LogP contribution in [0.25, 0.3) is 0 Å². The number of amides is 1. The van der Waals surface area contributed by atoms with E-state index in [0.29, 0.717) is 19.5 Å². The van der Waals surface area contributed by atoms with Crippen LogP contribution in [0.5, 0.6) is 5.75 Å². The lowest BCUT2D eigenvalue weighted by atomic mass is 10.2. The number of para-hydroxylation sites is 1. The molecule has 1 N–H and O–H groups in total. The summed E-state index contributed by atoms with van der Waals surface area (Å²) in [6, 6.07) is 9.58. The van der Waals surface area contributed by atoms with E-state index in [-0.39, 0.29) is 5.91 Å². The molecule has 1 aromatic heterocycles. The number of aryl methyl sites for hydroxylation is 2. The summed E-state index contributed by atoms with van der Waals surface area (Å²) in [6.07, 6.45) is 2.29. The van der Waals surface area contributed by atoms with Crippen molar-refractivity contribution in [2.45, 2.75) is 26.4 Å². The van der Waals surface area contributed by atoms with Gasteiger partial charge in [-0.2, -0.15) is 5.10 Å². The van der Waals surface area contributed by atoms with Gasteiger partial charge in [-0.3, -0.25) is 9.48 Å². The fourth-order valence-electron chi connectivity index (χ4n) is 1.94. The maximum Gasteiger partial charge on any atom is 0.222 e. The van der Waals surface area contributed by atoms with Crippen molar-refractivity contribution >= 4 is 5.91 Å². The van der Waals surface area contributed by atoms with Crippen molar-refractivity contribution in [2.24, 2.45) is 0 Å². The van der Waals surface area contributed by atoms with Crippen molar-refractivity contribution < 1.29 is 9.53 Å². The van der Waals surface area contributed by atoms with Crippen molar-refractivity contribution in [2.75, 3.05) is 7.11 Å². The van der Waals surface area contributed by atoms with Gasteiger partial charge in [0.15, 0.2) is 0 Å². The Morgan fingerprint density at radius 2 is 2.15 bits per heavy atom. The molecule has 1 heterocycles. The van der Waals surface area contributed by atoms with Crippen LogP contribution < -0.4 is 10.1 Å². The number of benzene rings is 1. The van der Waals surface area contributed by atoms with E-state index >= 15 is 0 Å². The number of ether oxygens (including phenoxy) is 1. The zero-order chi connectivity index (χ0) is 14.4. The summed E-state index contributed by atoms with van der Waals surface area (Å²) >= 11 is 0. The van der Waals surface area contributed by atoms with Crippen LogP contribution in [0, 0.1) is 6.92 Å². The second-order valence-corrected chi connectivity index (χ2v) is 4.56. The smallest absolute Gasteiger partial charge is 0.222 e. The molecule has 0 atom stereocenters. The topological polar surface area (TPSA) is 56.1 Å². The van der Waals surface area contributed by atoms with E-state index in [0.717, 1.165) is 17.0 Å². The quantitative estimate of drug-likeness (QED) is 0.874. The first-order valence-electron chi connectivity index (χ1n) is 6.57. The Morgan fingerprint density at radius 3 is 2.85 bits per heavy atom. The minimum absolute atomic E-state index is 0.00376. The number of hydrogen-bond donors (Lipinski definition) is 1. The summed E-state index contributed by atoms with van der Waals surface area (Å²) in [5, 5.41) is 7.14. The summed E-state index contributed by atoms with van der Waals surface area (Å²) in [4.78, 5) is 11.8. The van der Waals surface area contributed by atoms with Crippen LogP contribution in [0.2, 0.25) is 0 Å². The van der Waals surface area contributed by atoms with Crippen molar-refractivity contribution in [1.82, 2.24) is 15.1 Å². The third-order valence-corrected chi connectivity index (χ3v) is 3.01. The molecule has 106 valence electrons. The molecule has 0 bridgehead atoms. The van der Waals surface area contributed by atoms with E-state index in [2.05, 4.69) is 10.4 Å². The highest BCUT2D eigenvalue weighted by Crippen LogP contribution is 2.16. The molecule has 5 nitrogen and oxygen atoms in total. The average molecular weight is 273 g/mol. The molecule has 0 unspecified atom stereocenters. The first kappa shape index (κ1) is 14.1. The zero-order valence-electron chi connectivity index (χ0n) is 11.8. The second kappa shape index (κ2) is 6.75. The molecule has 1 aromatic carbocycles. The number of methoxy groups -OCH3 is 1. The Labute approximate surface area is 118 Å². The molecule has 5 heteroatoms. The summed E-state index contributed by atoms with van der Waals surface area (Å²) in [5.74, 6) is 0.791. The average Bonchev–Trinajstić information content (AvgIpc) is 2.89. The maximum atomic E-state index is 11.8. The molecule has 0 aliphatic carbocycles. The predicted octanol–water partition coefficient (Wildman–Crippen LogP) is 1.91. The number of carbonyl (C=O) groups excluding carboxylic acids is 1. The third-order valence-electron chi connectivity index (χ3n) is 3.01. The SMILES string of the molecule is COc1ccccc1CNC(=O)CCn1ccc(C)n1. The Hall–Kier alpha value is -2.30. The second-order valence-electron chi connectivity index (χ2n) is 4.56. The van der Waals surface area contributed by atoms with Crippen LogP contribution in [0.15, 0.2) is 36.5 Å². The van der Waals surface area contributed by atoms with E-state index in [1.54, 1.807) is 11.8 Å². The van der Waals surface area contributed by atoms with E-state index in [4.69, 9.17) is 4.74 Å². The number of nitrogens with one attached hydrogen (secondary N) is 1. The van der Waals surface area contributed by atoms with E-state index in [1.165, 1.54) is 0 Å². The molecule has 20 heavy (non-hydrogen) atoms. The first-order chi connectivity index (χ1) is 9.69. The van der Waals surface area contributed by atoms with Crippen molar-refractivity contribution in [1.29, 1.82) is 0 Å². The zero-order valence-corrected chi connectivity index (χ0v) is 11.8. The molecule has 2 aromatic rings. The number of nitrogens with zero attached hydrogens (tertiary/aromatic N) is 2. The number of carbonyl (C=O) groups is 1. The van der Waals surface area contributed by atoms with Crippen molar-refractivity contribution in [3.63, 3.8) is 0 Å². The number of aromatic nitrogens is 2. The molecule has 0 aliphatic heterocycles. The molecule has 0 saturated heterocycles. The molecular weight excluding hydrogens is 254 g/mol. The van der Waals surface area contributed by atoms with Gasteiger partial charge in [0.25, 0.3) is 0 Å². The Balaban J connectivity index is 1.80. The van der Waals surface area contributed by atoms with E-state index in [1.807, 2.05) is 43.5 Å². The molecule has 0 spiro atoms. The number of rotatable bonds is 6. The van der Waals surface area contributed by atoms with Gasteiger partial charge in [-0.05, 0) is 19.1 Å². The monoisotopic (exact) mass is 273 g/mol. The maximum absolute atomic E-state index is 11.8. The molecule has 0 aliphatic rings. The highest BCUT2D eigenvalue weighted by atomic mass is 16.5. The summed E-state index contributed by atoms with van der Waals surface area (Å²) in [5.41, 5.74) is 1.93. The minimum Gasteiger partial charge on any atom is -0.496 e. The fraction of sp³-hybridized carbons (Fsp3) is 0.333. The van der Waals surface area contributed by atoms with Gasteiger partial charge in [0.1, 0.15) is 5.75 Å². The predicted molar refractivity (Wildman–Crippen MR) is 76.4 cm³/mol. The van der Waals surface area contributed by atoms with Gasteiger partial charge in [-0.25, -0.2) is 0 Å². The van der Waals surface area contributed by atoms with Crippen LogP contribution >= 0.6 is 0 Å². The van der Waals surface area contributed by atoms with Crippen LogP contribution in [-0.2, 0) is 17.9 Å². The van der Waals surface area contributed by atoms with Crippen molar-refractivity contribution in [3.8, 4) is 5.75 Å². The van der Waals surface area contributed by atoms with E-state index < -0.39 is 0 Å². The van der Waals surface area contributed by atoms with Gasteiger partial charge in [-0.15, -0.1) is 0 Å². The van der Waals surface area contributed by atoms with Gasteiger partial charge >= 0.3 is 0 Å². The Morgan fingerprint density at radius 1 is 1.35 bits per heavy atom. The van der Waals surface area contributed by atoms with Gasteiger partial charge in [-0.1, -0.05) is 18.2 Å². The summed E-state index contributed by atoms with van der Waals surface area (Å²) < 4.78 is 7.02. The van der Waals surface area contributed by atoms with Crippen LogP contribution in [0.4, 0.5) is 0 Å². The summed E-state index contributed by atoms with van der Waals surface area (Å²) in [6.45, 7) is 2.99. The lowest BCUT2D eigenvalue weighted by Gasteiger charge is -2.09. The molecule has 0 saturated carbocycles. The van der Waals surface area contributed by atoms with Gasteiger partial charge in [0.2, 0.25) is 5.91 Å².